The number of hydrogen-bond donors (Lipinski definition) is 4. The summed E-state index contributed by atoms with van der Waals surface area (Å²) in [5.74, 6) is 0.875. The first-order chi connectivity index (χ1) is 15.5. The van der Waals surface area contributed by atoms with E-state index >= 15 is 0 Å². The molecule has 0 atom stereocenters. The SMILES string of the molecule is CN(C)Cc1cc2[nH]nc(-c3cc4ccc(OCCCN5CCC(O)CC5)cc4[nH]3)c2[nH]1. The van der Waals surface area contributed by atoms with Gasteiger partial charge in [-0.05, 0) is 57.6 Å². The summed E-state index contributed by atoms with van der Waals surface area (Å²) in [6.07, 6.45) is 2.63. The summed E-state index contributed by atoms with van der Waals surface area (Å²) in [4.78, 5) is 11.5. The van der Waals surface area contributed by atoms with Crippen LogP contribution in [0.1, 0.15) is 25.0 Å². The number of benzene rings is 1. The van der Waals surface area contributed by atoms with Crippen molar-refractivity contribution in [3.63, 3.8) is 0 Å². The number of likely N-dealkylation sites (tertiary alicyclic amines) is 1. The molecular formula is C24H32N6O2. The van der Waals surface area contributed by atoms with Crippen LogP contribution in [-0.4, -0.2) is 81.5 Å². The van der Waals surface area contributed by atoms with Crippen LogP contribution in [0.4, 0.5) is 0 Å². The van der Waals surface area contributed by atoms with Crippen molar-refractivity contribution in [3.05, 3.63) is 36.0 Å². The van der Waals surface area contributed by atoms with Crippen molar-refractivity contribution in [2.24, 2.45) is 0 Å². The second kappa shape index (κ2) is 8.97. The van der Waals surface area contributed by atoms with E-state index in [4.69, 9.17) is 4.74 Å². The van der Waals surface area contributed by atoms with Crippen LogP contribution in [0.3, 0.4) is 0 Å². The second-order valence-corrected chi connectivity index (χ2v) is 9.10. The fraction of sp³-hybridized carbons (Fsp3) is 0.458. The molecule has 32 heavy (non-hydrogen) atoms. The highest BCUT2D eigenvalue weighted by molar-refractivity contribution is 5.94. The lowest BCUT2D eigenvalue weighted by Crippen LogP contribution is -2.36. The Labute approximate surface area is 187 Å². The molecular weight excluding hydrogens is 404 g/mol. The molecule has 1 saturated heterocycles. The fourth-order valence-electron chi connectivity index (χ4n) is 4.52. The third kappa shape index (κ3) is 4.53. The molecule has 1 aliphatic rings. The molecule has 170 valence electrons. The predicted octanol–water partition coefficient (Wildman–Crippen LogP) is 3.33. The Hall–Kier alpha value is -2.81. The molecule has 0 bridgehead atoms. The van der Waals surface area contributed by atoms with Gasteiger partial charge in [0.15, 0.2) is 0 Å². The van der Waals surface area contributed by atoms with Gasteiger partial charge >= 0.3 is 0 Å². The van der Waals surface area contributed by atoms with Crippen molar-refractivity contribution in [3.8, 4) is 17.1 Å². The third-order valence-electron chi connectivity index (χ3n) is 6.18. The number of H-pyrrole nitrogens is 3. The summed E-state index contributed by atoms with van der Waals surface area (Å²) in [7, 11) is 4.12. The zero-order chi connectivity index (χ0) is 22.1. The number of fused-ring (bicyclic) bond motifs is 2. The van der Waals surface area contributed by atoms with E-state index in [9.17, 15) is 5.11 Å². The highest BCUT2D eigenvalue weighted by Gasteiger charge is 2.16. The molecule has 0 radical (unpaired) electrons. The summed E-state index contributed by atoms with van der Waals surface area (Å²) < 4.78 is 6.01. The van der Waals surface area contributed by atoms with E-state index in [1.165, 1.54) is 0 Å². The zero-order valence-corrected chi connectivity index (χ0v) is 18.8. The van der Waals surface area contributed by atoms with E-state index in [1.54, 1.807) is 0 Å². The Morgan fingerprint density at radius 3 is 2.78 bits per heavy atom. The van der Waals surface area contributed by atoms with Gasteiger partial charge in [0.25, 0.3) is 0 Å². The minimum atomic E-state index is -0.116. The van der Waals surface area contributed by atoms with Crippen LogP contribution in [0.15, 0.2) is 30.3 Å². The van der Waals surface area contributed by atoms with Crippen molar-refractivity contribution in [2.75, 3.05) is 40.3 Å². The molecule has 4 aromatic rings. The Kier molecular flexibility index (Phi) is 5.91. The lowest BCUT2D eigenvalue weighted by atomic mass is 10.1. The number of rotatable bonds is 8. The quantitative estimate of drug-likeness (QED) is 0.318. The molecule has 4 N–H and O–H groups in total. The molecule has 4 heterocycles. The zero-order valence-electron chi connectivity index (χ0n) is 18.8. The Balaban J connectivity index is 1.24. The molecule has 3 aromatic heterocycles. The van der Waals surface area contributed by atoms with Crippen molar-refractivity contribution in [2.45, 2.75) is 31.9 Å². The van der Waals surface area contributed by atoms with E-state index in [0.29, 0.717) is 6.61 Å². The summed E-state index contributed by atoms with van der Waals surface area (Å²) >= 11 is 0. The maximum atomic E-state index is 9.62. The lowest BCUT2D eigenvalue weighted by molar-refractivity contribution is 0.0800. The van der Waals surface area contributed by atoms with Gasteiger partial charge in [-0.15, -0.1) is 0 Å². The van der Waals surface area contributed by atoms with Gasteiger partial charge in [-0.2, -0.15) is 5.10 Å². The number of aromatic amines is 3. The van der Waals surface area contributed by atoms with Gasteiger partial charge in [0.1, 0.15) is 11.4 Å². The minimum absolute atomic E-state index is 0.116. The van der Waals surface area contributed by atoms with Gasteiger partial charge < -0.3 is 29.6 Å². The Morgan fingerprint density at radius 1 is 1.12 bits per heavy atom. The molecule has 8 nitrogen and oxygen atoms in total. The molecule has 1 aliphatic heterocycles. The highest BCUT2D eigenvalue weighted by Crippen LogP contribution is 2.30. The first kappa shape index (κ1) is 21.1. The largest absolute Gasteiger partial charge is 0.493 e. The van der Waals surface area contributed by atoms with Crippen LogP contribution in [0, 0.1) is 0 Å². The van der Waals surface area contributed by atoms with Gasteiger partial charge in [0, 0.05) is 48.8 Å². The van der Waals surface area contributed by atoms with Gasteiger partial charge in [0.2, 0.25) is 0 Å². The molecule has 0 spiro atoms. The number of hydrogen-bond acceptors (Lipinski definition) is 5. The molecule has 0 saturated carbocycles. The molecule has 0 unspecified atom stereocenters. The molecule has 8 heteroatoms. The number of nitrogens with one attached hydrogen (secondary N) is 3. The summed E-state index contributed by atoms with van der Waals surface area (Å²) in [6, 6.07) is 10.4. The first-order valence-corrected chi connectivity index (χ1v) is 11.4. The number of nitrogens with zero attached hydrogens (tertiary/aromatic N) is 3. The molecule has 1 fully saturated rings. The number of aromatic nitrogens is 4. The van der Waals surface area contributed by atoms with Gasteiger partial charge in [-0.3, -0.25) is 5.10 Å². The summed E-state index contributed by atoms with van der Waals surface area (Å²) in [5, 5.41) is 18.4. The standard InChI is InChI=1S/C24H32N6O2/c1-29(2)15-17-13-22-23(25-17)24(28-27-22)21-12-16-4-5-19(14-20(16)26-21)32-11-3-8-30-9-6-18(31)7-10-30/h4-5,12-14,18,25-26,31H,3,6-11,15H2,1-2H3,(H,27,28). The van der Waals surface area contributed by atoms with Crippen molar-refractivity contribution >= 4 is 21.9 Å². The van der Waals surface area contributed by atoms with Crippen LogP contribution in [0.25, 0.3) is 33.3 Å². The van der Waals surface area contributed by atoms with Crippen LogP contribution in [-0.2, 0) is 6.54 Å². The fourth-order valence-corrected chi connectivity index (χ4v) is 4.52. The predicted molar refractivity (Wildman–Crippen MR) is 127 cm³/mol. The normalized spacial score (nSPS) is 16.0. The van der Waals surface area contributed by atoms with E-state index in [-0.39, 0.29) is 6.10 Å². The minimum Gasteiger partial charge on any atom is -0.493 e. The monoisotopic (exact) mass is 436 g/mol. The first-order valence-electron chi connectivity index (χ1n) is 11.4. The van der Waals surface area contributed by atoms with Gasteiger partial charge in [0.05, 0.1) is 29.4 Å². The van der Waals surface area contributed by atoms with Gasteiger partial charge in [-0.1, -0.05) is 0 Å². The molecule has 1 aromatic carbocycles. The Morgan fingerprint density at radius 2 is 1.97 bits per heavy atom. The smallest absolute Gasteiger partial charge is 0.132 e. The van der Waals surface area contributed by atoms with Crippen LogP contribution in [0.2, 0.25) is 0 Å². The van der Waals surface area contributed by atoms with E-state index in [2.05, 4.69) is 68.3 Å². The second-order valence-electron chi connectivity index (χ2n) is 9.10. The Bertz CT molecular complexity index is 1180. The number of ether oxygens (including phenoxy) is 1. The summed E-state index contributed by atoms with van der Waals surface area (Å²) in [5.41, 5.74) is 6.12. The third-order valence-corrected chi connectivity index (χ3v) is 6.18. The summed E-state index contributed by atoms with van der Waals surface area (Å²) in [6.45, 7) is 4.53. The van der Waals surface area contributed by atoms with Crippen molar-refractivity contribution in [1.29, 1.82) is 0 Å². The maximum Gasteiger partial charge on any atom is 0.132 e. The molecule has 5 rings (SSSR count). The van der Waals surface area contributed by atoms with Gasteiger partial charge in [-0.25, -0.2) is 0 Å². The highest BCUT2D eigenvalue weighted by atomic mass is 16.5. The van der Waals surface area contributed by atoms with Crippen LogP contribution < -0.4 is 4.74 Å². The van der Waals surface area contributed by atoms with Crippen LogP contribution in [0.5, 0.6) is 5.75 Å². The topological polar surface area (TPSA) is 96.2 Å². The van der Waals surface area contributed by atoms with Crippen LogP contribution >= 0.6 is 0 Å². The van der Waals surface area contributed by atoms with E-state index < -0.39 is 0 Å². The maximum absolute atomic E-state index is 9.62. The average Bonchev–Trinajstić information content (AvgIpc) is 3.45. The number of piperidine rings is 1. The molecule has 0 amide bonds. The van der Waals surface area contributed by atoms with E-state index in [0.717, 1.165) is 90.2 Å². The number of aliphatic hydroxyl groups excluding tert-OH is 1. The number of aliphatic hydroxyl groups is 1. The van der Waals surface area contributed by atoms with E-state index in [1.807, 2.05) is 6.07 Å². The lowest BCUT2D eigenvalue weighted by Gasteiger charge is -2.29. The van der Waals surface area contributed by atoms with Crippen molar-refractivity contribution < 1.29 is 9.84 Å². The molecule has 0 aliphatic carbocycles. The average molecular weight is 437 g/mol. The van der Waals surface area contributed by atoms with Crippen molar-refractivity contribution in [1.82, 2.24) is 30.0 Å².